The van der Waals surface area contributed by atoms with Gasteiger partial charge in [0.15, 0.2) is 0 Å². The molecule has 4 heteroatoms. The van der Waals surface area contributed by atoms with Crippen LogP contribution in [-0.2, 0) is 6.54 Å². The number of carbonyl (C=O) groups is 1. The van der Waals surface area contributed by atoms with E-state index in [9.17, 15) is 4.79 Å². The van der Waals surface area contributed by atoms with Crippen molar-refractivity contribution in [1.29, 1.82) is 0 Å². The molecule has 2 amide bonds. The fourth-order valence-electron chi connectivity index (χ4n) is 3.39. The Balaban J connectivity index is 1.55. The second-order valence-electron chi connectivity index (χ2n) is 6.81. The number of urea groups is 1. The highest BCUT2D eigenvalue weighted by atomic mass is 16.2. The van der Waals surface area contributed by atoms with Gasteiger partial charge in [-0.1, -0.05) is 30.3 Å². The van der Waals surface area contributed by atoms with E-state index in [0.29, 0.717) is 12.1 Å². The molecule has 1 aliphatic carbocycles. The summed E-state index contributed by atoms with van der Waals surface area (Å²) < 4.78 is 0. The van der Waals surface area contributed by atoms with Crippen molar-refractivity contribution >= 4 is 6.03 Å². The second kappa shape index (κ2) is 6.69. The molecule has 1 saturated carbocycles. The summed E-state index contributed by atoms with van der Waals surface area (Å²) in [5.74, 6) is 0. The van der Waals surface area contributed by atoms with Gasteiger partial charge in [-0.15, -0.1) is 0 Å². The number of amides is 2. The van der Waals surface area contributed by atoms with E-state index < -0.39 is 0 Å². The zero-order valence-corrected chi connectivity index (χ0v) is 13.7. The molecular formula is C18H27N3O. The highest BCUT2D eigenvalue weighted by Crippen LogP contribution is 2.32. The number of piperidine rings is 1. The van der Waals surface area contributed by atoms with E-state index >= 15 is 0 Å². The molecule has 22 heavy (non-hydrogen) atoms. The van der Waals surface area contributed by atoms with Crippen molar-refractivity contribution in [2.45, 2.75) is 44.3 Å². The van der Waals surface area contributed by atoms with Gasteiger partial charge in [-0.05, 0) is 31.2 Å². The Morgan fingerprint density at radius 3 is 2.18 bits per heavy atom. The number of carbonyl (C=O) groups excluding carboxylic acids is 1. The molecule has 1 aromatic rings. The zero-order valence-electron chi connectivity index (χ0n) is 13.7. The van der Waals surface area contributed by atoms with Crippen LogP contribution in [0, 0.1) is 0 Å². The average Bonchev–Trinajstić information content (AvgIpc) is 3.35. The molecule has 0 unspecified atom stereocenters. The van der Waals surface area contributed by atoms with Gasteiger partial charge in [0.2, 0.25) is 0 Å². The minimum absolute atomic E-state index is 0.198. The van der Waals surface area contributed by atoms with Crippen LogP contribution in [0.25, 0.3) is 0 Å². The van der Waals surface area contributed by atoms with E-state index in [0.717, 1.165) is 32.5 Å². The van der Waals surface area contributed by atoms with Gasteiger partial charge in [-0.3, -0.25) is 4.90 Å². The van der Waals surface area contributed by atoms with Crippen LogP contribution in [0.15, 0.2) is 30.3 Å². The molecule has 1 heterocycles. The van der Waals surface area contributed by atoms with E-state index in [1.165, 1.54) is 18.4 Å². The van der Waals surface area contributed by atoms with E-state index in [1.807, 2.05) is 14.1 Å². The van der Waals surface area contributed by atoms with Crippen LogP contribution in [-0.4, -0.2) is 60.0 Å². The Morgan fingerprint density at radius 1 is 1.05 bits per heavy atom. The van der Waals surface area contributed by atoms with Gasteiger partial charge in [0, 0.05) is 45.8 Å². The molecule has 0 bridgehead atoms. The quantitative estimate of drug-likeness (QED) is 0.855. The SMILES string of the molecule is CN(C)C(=O)N(C1CC1)C1CCN(Cc2ccccc2)CC1. The third kappa shape index (κ3) is 3.61. The highest BCUT2D eigenvalue weighted by molar-refractivity contribution is 5.75. The first-order valence-electron chi connectivity index (χ1n) is 8.41. The van der Waals surface area contributed by atoms with Crippen molar-refractivity contribution < 1.29 is 4.79 Å². The molecule has 120 valence electrons. The van der Waals surface area contributed by atoms with Gasteiger partial charge in [0.1, 0.15) is 0 Å². The Morgan fingerprint density at radius 2 is 1.64 bits per heavy atom. The third-order valence-electron chi connectivity index (χ3n) is 4.74. The number of benzene rings is 1. The molecule has 4 nitrogen and oxygen atoms in total. The van der Waals surface area contributed by atoms with Crippen LogP contribution in [0.5, 0.6) is 0 Å². The molecule has 0 radical (unpaired) electrons. The number of hydrogen-bond acceptors (Lipinski definition) is 2. The van der Waals surface area contributed by atoms with Crippen LogP contribution < -0.4 is 0 Å². The zero-order chi connectivity index (χ0) is 15.5. The lowest BCUT2D eigenvalue weighted by Crippen LogP contribution is -2.51. The molecule has 1 aliphatic heterocycles. The molecule has 0 atom stereocenters. The van der Waals surface area contributed by atoms with E-state index in [2.05, 4.69) is 40.1 Å². The highest BCUT2D eigenvalue weighted by Gasteiger charge is 2.39. The van der Waals surface area contributed by atoms with Crippen molar-refractivity contribution in [3.05, 3.63) is 35.9 Å². The predicted octanol–water partition coefficient (Wildman–Crippen LogP) is 2.80. The summed E-state index contributed by atoms with van der Waals surface area (Å²) in [6, 6.07) is 11.8. The molecule has 0 N–H and O–H groups in total. The lowest BCUT2D eigenvalue weighted by Gasteiger charge is -2.39. The maximum atomic E-state index is 12.4. The van der Waals surface area contributed by atoms with Crippen molar-refractivity contribution in [2.75, 3.05) is 27.2 Å². The minimum Gasteiger partial charge on any atom is -0.331 e. The summed E-state index contributed by atoms with van der Waals surface area (Å²) in [6.07, 6.45) is 4.57. The lowest BCUT2D eigenvalue weighted by molar-refractivity contribution is 0.0997. The summed E-state index contributed by atoms with van der Waals surface area (Å²) in [6.45, 7) is 3.20. The van der Waals surface area contributed by atoms with E-state index in [-0.39, 0.29) is 6.03 Å². The van der Waals surface area contributed by atoms with Crippen LogP contribution in [0.3, 0.4) is 0 Å². The summed E-state index contributed by atoms with van der Waals surface area (Å²) in [7, 11) is 3.73. The molecule has 1 saturated heterocycles. The van der Waals surface area contributed by atoms with Crippen LogP contribution in [0.1, 0.15) is 31.2 Å². The van der Waals surface area contributed by atoms with Gasteiger partial charge < -0.3 is 9.80 Å². The molecule has 3 rings (SSSR count). The van der Waals surface area contributed by atoms with E-state index in [4.69, 9.17) is 0 Å². The fraction of sp³-hybridized carbons (Fsp3) is 0.611. The first-order valence-corrected chi connectivity index (χ1v) is 8.41. The van der Waals surface area contributed by atoms with Gasteiger partial charge in [-0.2, -0.15) is 0 Å². The average molecular weight is 301 g/mol. The van der Waals surface area contributed by atoms with Crippen molar-refractivity contribution in [1.82, 2.24) is 14.7 Å². The van der Waals surface area contributed by atoms with Gasteiger partial charge in [0.05, 0.1) is 0 Å². The molecular weight excluding hydrogens is 274 g/mol. The summed E-state index contributed by atoms with van der Waals surface area (Å²) in [5.41, 5.74) is 1.38. The largest absolute Gasteiger partial charge is 0.331 e. The molecule has 2 aliphatic rings. The maximum Gasteiger partial charge on any atom is 0.319 e. The van der Waals surface area contributed by atoms with Crippen LogP contribution in [0.2, 0.25) is 0 Å². The first kappa shape index (κ1) is 15.3. The molecule has 2 fully saturated rings. The topological polar surface area (TPSA) is 26.8 Å². The molecule has 0 spiro atoms. The lowest BCUT2D eigenvalue weighted by atomic mass is 10.0. The normalized spacial score (nSPS) is 19.9. The van der Waals surface area contributed by atoms with Crippen LogP contribution >= 0.6 is 0 Å². The smallest absolute Gasteiger partial charge is 0.319 e. The molecule has 1 aromatic carbocycles. The fourth-order valence-corrected chi connectivity index (χ4v) is 3.39. The Kier molecular flexibility index (Phi) is 4.67. The van der Waals surface area contributed by atoms with E-state index in [1.54, 1.807) is 4.90 Å². The second-order valence-corrected chi connectivity index (χ2v) is 6.81. The Bertz CT molecular complexity index is 490. The summed E-state index contributed by atoms with van der Waals surface area (Å²) >= 11 is 0. The minimum atomic E-state index is 0.198. The first-order chi connectivity index (χ1) is 10.6. The summed E-state index contributed by atoms with van der Waals surface area (Å²) in [5, 5.41) is 0. The van der Waals surface area contributed by atoms with Crippen molar-refractivity contribution in [2.24, 2.45) is 0 Å². The Hall–Kier alpha value is -1.55. The summed E-state index contributed by atoms with van der Waals surface area (Å²) in [4.78, 5) is 18.8. The standard InChI is InChI=1S/C18H27N3O/c1-19(2)18(22)21(16-8-9-16)17-10-12-20(13-11-17)14-15-6-4-3-5-7-15/h3-7,16-17H,8-14H2,1-2H3. The van der Waals surface area contributed by atoms with Crippen molar-refractivity contribution in [3.63, 3.8) is 0 Å². The van der Waals surface area contributed by atoms with Crippen LogP contribution in [0.4, 0.5) is 4.79 Å². The predicted molar refractivity (Wildman–Crippen MR) is 88.7 cm³/mol. The van der Waals surface area contributed by atoms with Crippen molar-refractivity contribution in [3.8, 4) is 0 Å². The number of nitrogens with zero attached hydrogens (tertiary/aromatic N) is 3. The molecule has 0 aromatic heterocycles. The van der Waals surface area contributed by atoms with Gasteiger partial charge in [0.25, 0.3) is 0 Å². The number of hydrogen-bond donors (Lipinski definition) is 0. The van der Waals surface area contributed by atoms with Gasteiger partial charge >= 0.3 is 6.03 Å². The monoisotopic (exact) mass is 301 g/mol. The number of rotatable bonds is 4. The third-order valence-corrected chi connectivity index (χ3v) is 4.74. The van der Waals surface area contributed by atoms with Gasteiger partial charge in [-0.25, -0.2) is 4.79 Å². The Labute approximate surface area is 133 Å². The number of likely N-dealkylation sites (tertiary alicyclic amines) is 1. The maximum absolute atomic E-state index is 12.4.